The summed E-state index contributed by atoms with van der Waals surface area (Å²) in [5.41, 5.74) is 1.32. The average molecular weight is 313 g/mol. The Balaban J connectivity index is 2.30. The molecule has 1 atom stereocenters. The molecule has 116 valence electrons. The maximum atomic E-state index is 12.4. The molecule has 0 radical (unpaired) electrons. The Morgan fingerprint density at radius 1 is 1.43 bits per heavy atom. The fourth-order valence-corrected chi connectivity index (χ4v) is 3.84. The number of nitrogens with zero attached hydrogens (tertiary/aromatic N) is 1. The van der Waals surface area contributed by atoms with E-state index in [1.807, 2.05) is 0 Å². The highest BCUT2D eigenvalue weighted by molar-refractivity contribution is 7.92. The summed E-state index contributed by atoms with van der Waals surface area (Å²) < 4.78 is 31.2. The number of fused-ring (bicyclic) bond motifs is 1. The number of sulfonamides is 1. The van der Waals surface area contributed by atoms with Gasteiger partial charge in [0.05, 0.1) is 24.0 Å². The summed E-state index contributed by atoms with van der Waals surface area (Å²) in [6, 6.07) is 7.03. The van der Waals surface area contributed by atoms with E-state index in [0.717, 1.165) is 5.56 Å². The zero-order chi connectivity index (χ0) is 15.5. The SMILES string of the molecule is CCOCCS(=O)(=O)N1CC(C(=O)O)Cc2ccccc21. The fraction of sp³-hybridized carbons (Fsp3) is 0.500. The molecule has 1 heterocycles. The fourth-order valence-electron chi connectivity index (χ4n) is 2.40. The smallest absolute Gasteiger partial charge is 0.308 e. The molecule has 21 heavy (non-hydrogen) atoms. The Kier molecular flexibility index (Phi) is 4.84. The first-order valence-corrected chi connectivity index (χ1v) is 8.45. The van der Waals surface area contributed by atoms with E-state index in [4.69, 9.17) is 4.74 Å². The van der Waals surface area contributed by atoms with Crippen LogP contribution < -0.4 is 4.31 Å². The molecule has 0 saturated carbocycles. The first-order valence-electron chi connectivity index (χ1n) is 6.84. The molecule has 1 aromatic rings. The first kappa shape index (κ1) is 15.8. The van der Waals surface area contributed by atoms with Gasteiger partial charge < -0.3 is 9.84 Å². The van der Waals surface area contributed by atoms with E-state index in [1.54, 1.807) is 31.2 Å². The van der Waals surface area contributed by atoms with Crippen molar-refractivity contribution in [3.05, 3.63) is 29.8 Å². The number of aliphatic carboxylic acids is 1. The Morgan fingerprint density at radius 3 is 2.81 bits per heavy atom. The molecule has 0 aliphatic carbocycles. The lowest BCUT2D eigenvalue weighted by atomic mass is 9.94. The van der Waals surface area contributed by atoms with Crippen molar-refractivity contribution in [1.82, 2.24) is 0 Å². The van der Waals surface area contributed by atoms with Crippen LogP contribution in [0.15, 0.2) is 24.3 Å². The predicted octanol–water partition coefficient (Wildman–Crippen LogP) is 1.12. The standard InChI is InChI=1S/C14H19NO5S/c1-2-20-7-8-21(18,19)15-10-12(14(16)17)9-11-5-3-4-6-13(11)15/h3-6,12H,2,7-10H2,1H3,(H,16,17). The number of carboxylic acids is 1. The number of carbonyl (C=O) groups is 1. The van der Waals surface area contributed by atoms with E-state index >= 15 is 0 Å². The van der Waals surface area contributed by atoms with Crippen molar-refractivity contribution in [3.63, 3.8) is 0 Å². The van der Waals surface area contributed by atoms with Gasteiger partial charge >= 0.3 is 5.97 Å². The molecule has 0 amide bonds. The second kappa shape index (κ2) is 6.44. The van der Waals surface area contributed by atoms with Crippen LogP contribution >= 0.6 is 0 Å². The molecule has 1 N–H and O–H groups in total. The van der Waals surface area contributed by atoms with Crippen LogP contribution in [-0.4, -0.2) is 45.0 Å². The summed E-state index contributed by atoms with van der Waals surface area (Å²) in [6.07, 6.45) is 0.350. The van der Waals surface area contributed by atoms with E-state index < -0.39 is 21.9 Å². The van der Waals surface area contributed by atoms with Gasteiger partial charge in [-0.1, -0.05) is 18.2 Å². The van der Waals surface area contributed by atoms with Crippen LogP contribution in [0.5, 0.6) is 0 Å². The summed E-state index contributed by atoms with van der Waals surface area (Å²) in [7, 11) is -3.59. The molecule has 1 aliphatic heterocycles. The molecule has 1 aromatic carbocycles. The zero-order valence-electron chi connectivity index (χ0n) is 11.9. The monoisotopic (exact) mass is 313 g/mol. The molecular formula is C14H19NO5S. The quantitative estimate of drug-likeness (QED) is 0.796. The van der Waals surface area contributed by atoms with E-state index in [9.17, 15) is 18.3 Å². The van der Waals surface area contributed by atoms with Crippen molar-refractivity contribution in [2.24, 2.45) is 5.92 Å². The summed E-state index contributed by atoms with van der Waals surface area (Å²) in [6.45, 7) is 2.32. The van der Waals surface area contributed by atoms with Crippen LogP contribution in [0.2, 0.25) is 0 Å². The number of ether oxygens (including phenoxy) is 1. The Morgan fingerprint density at radius 2 is 2.14 bits per heavy atom. The van der Waals surface area contributed by atoms with Crippen LogP contribution in [0, 0.1) is 5.92 Å². The Hall–Kier alpha value is -1.60. The van der Waals surface area contributed by atoms with Gasteiger partial charge in [-0.2, -0.15) is 0 Å². The van der Waals surface area contributed by atoms with Crippen LogP contribution in [0.25, 0.3) is 0 Å². The Bertz CT molecular complexity index is 614. The molecule has 6 nitrogen and oxygen atoms in total. The van der Waals surface area contributed by atoms with Gasteiger partial charge in [0.25, 0.3) is 0 Å². The van der Waals surface area contributed by atoms with Crippen molar-refractivity contribution in [1.29, 1.82) is 0 Å². The lowest BCUT2D eigenvalue weighted by Gasteiger charge is -2.33. The van der Waals surface area contributed by atoms with Gasteiger partial charge in [-0.3, -0.25) is 9.10 Å². The molecule has 0 saturated heterocycles. The molecule has 0 bridgehead atoms. The van der Waals surface area contributed by atoms with Gasteiger partial charge in [0.2, 0.25) is 10.0 Å². The second-order valence-corrected chi connectivity index (χ2v) is 6.92. The maximum Gasteiger partial charge on any atom is 0.308 e. The number of carboxylic acid groups (broad SMARTS) is 1. The average Bonchev–Trinajstić information content (AvgIpc) is 2.46. The van der Waals surface area contributed by atoms with Crippen molar-refractivity contribution in [3.8, 4) is 0 Å². The van der Waals surface area contributed by atoms with Gasteiger partial charge in [0, 0.05) is 13.2 Å². The normalized spacial score (nSPS) is 18.3. The minimum Gasteiger partial charge on any atom is -0.481 e. The third-order valence-corrected chi connectivity index (χ3v) is 5.19. The number of anilines is 1. The van der Waals surface area contributed by atoms with Crippen LogP contribution in [0.4, 0.5) is 5.69 Å². The van der Waals surface area contributed by atoms with Gasteiger partial charge in [-0.25, -0.2) is 8.42 Å². The molecule has 0 spiro atoms. The lowest BCUT2D eigenvalue weighted by Crippen LogP contribution is -2.44. The largest absolute Gasteiger partial charge is 0.481 e. The summed E-state index contributed by atoms with van der Waals surface area (Å²) in [4.78, 5) is 11.3. The maximum absolute atomic E-state index is 12.4. The first-order chi connectivity index (χ1) is 9.95. The van der Waals surface area contributed by atoms with E-state index in [2.05, 4.69) is 0 Å². The second-order valence-electron chi connectivity index (χ2n) is 4.91. The highest BCUT2D eigenvalue weighted by Gasteiger charge is 2.34. The summed E-state index contributed by atoms with van der Waals surface area (Å²) in [5, 5.41) is 9.22. The van der Waals surface area contributed by atoms with Gasteiger partial charge in [-0.15, -0.1) is 0 Å². The van der Waals surface area contributed by atoms with Gasteiger partial charge in [0.1, 0.15) is 0 Å². The number of para-hydroxylation sites is 1. The topological polar surface area (TPSA) is 83.9 Å². The van der Waals surface area contributed by atoms with Crippen LogP contribution in [0.1, 0.15) is 12.5 Å². The highest BCUT2D eigenvalue weighted by atomic mass is 32.2. The van der Waals surface area contributed by atoms with Gasteiger partial charge in [0.15, 0.2) is 0 Å². The molecule has 0 fully saturated rings. The molecule has 2 rings (SSSR count). The summed E-state index contributed by atoms with van der Waals surface area (Å²) >= 11 is 0. The van der Waals surface area contributed by atoms with E-state index in [-0.39, 0.29) is 18.9 Å². The molecule has 0 aromatic heterocycles. The van der Waals surface area contributed by atoms with Crippen LogP contribution in [-0.2, 0) is 26.0 Å². The molecule has 1 aliphatic rings. The molecular weight excluding hydrogens is 294 g/mol. The highest BCUT2D eigenvalue weighted by Crippen LogP contribution is 2.31. The van der Waals surface area contributed by atoms with Crippen molar-refractivity contribution >= 4 is 21.7 Å². The van der Waals surface area contributed by atoms with E-state index in [1.165, 1.54) is 4.31 Å². The Labute approximate surface area is 124 Å². The van der Waals surface area contributed by atoms with E-state index in [0.29, 0.717) is 18.7 Å². The molecule has 1 unspecified atom stereocenters. The molecule has 7 heteroatoms. The zero-order valence-corrected chi connectivity index (χ0v) is 12.7. The minimum atomic E-state index is -3.59. The third-order valence-electron chi connectivity index (χ3n) is 3.49. The minimum absolute atomic E-state index is 0.0270. The number of rotatable bonds is 6. The predicted molar refractivity (Wildman–Crippen MR) is 78.9 cm³/mol. The third kappa shape index (κ3) is 3.54. The van der Waals surface area contributed by atoms with Crippen LogP contribution in [0.3, 0.4) is 0 Å². The lowest BCUT2D eigenvalue weighted by molar-refractivity contribution is -0.141. The number of benzene rings is 1. The number of hydrogen-bond donors (Lipinski definition) is 1. The number of hydrogen-bond acceptors (Lipinski definition) is 4. The van der Waals surface area contributed by atoms with Crippen molar-refractivity contribution in [2.45, 2.75) is 13.3 Å². The van der Waals surface area contributed by atoms with Gasteiger partial charge in [-0.05, 0) is 25.0 Å². The van der Waals surface area contributed by atoms with Crippen molar-refractivity contribution in [2.75, 3.05) is 29.8 Å². The summed E-state index contributed by atoms with van der Waals surface area (Å²) in [5.74, 6) is -1.85. The van der Waals surface area contributed by atoms with Crippen molar-refractivity contribution < 1.29 is 23.1 Å².